The molecule has 0 aliphatic heterocycles. The van der Waals surface area contributed by atoms with E-state index < -0.39 is 0 Å². The van der Waals surface area contributed by atoms with Crippen molar-refractivity contribution in [2.75, 3.05) is 0 Å². The first-order valence-electron chi connectivity index (χ1n) is 6.38. The fourth-order valence-electron chi connectivity index (χ4n) is 2.22. The molecular formula is C16H13BrClNO. The first-order valence-corrected chi connectivity index (χ1v) is 7.61. The van der Waals surface area contributed by atoms with Crippen molar-refractivity contribution < 1.29 is 4.42 Å². The summed E-state index contributed by atoms with van der Waals surface area (Å²) in [7, 11) is 0. The topological polar surface area (TPSA) is 26.0 Å². The second kappa shape index (κ2) is 5.58. The zero-order chi connectivity index (χ0) is 14.1. The molecule has 1 aromatic heterocycles. The number of rotatable bonds is 3. The van der Waals surface area contributed by atoms with Gasteiger partial charge in [-0.15, -0.1) is 11.6 Å². The molecule has 102 valence electrons. The van der Waals surface area contributed by atoms with Gasteiger partial charge >= 0.3 is 0 Å². The number of fused-ring (bicyclic) bond motifs is 1. The van der Waals surface area contributed by atoms with Gasteiger partial charge in [0.25, 0.3) is 0 Å². The van der Waals surface area contributed by atoms with Gasteiger partial charge in [0, 0.05) is 10.9 Å². The third kappa shape index (κ3) is 2.74. The van der Waals surface area contributed by atoms with Crippen molar-refractivity contribution in [3.05, 3.63) is 64.0 Å². The molecule has 3 rings (SSSR count). The molecular weight excluding hydrogens is 338 g/mol. The Hall–Kier alpha value is -1.32. The predicted octanol–water partition coefficient (Wildman–Crippen LogP) is 5.42. The van der Waals surface area contributed by atoms with E-state index in [1.54, 1.807) is 0 Å². The zero-order valence-electron chi connectivity index (χ0n) is 10.9. The summed E-state index contributed by atoms with van der Waals surface area (Å²) in [6.07, 6.45) is 0.577. The zero-order valence-corrected chi connectivity index (χ0v) is 13.3. The highest BCUT2D eigenvalue weighted by Gasteiger charge is 2.15. The molecule has 0 spiro atoms. The first-order chi connectivity index (χ1) is 9.63. The van der Waals surface area contributed by atoms with Crippen LogP contribution in [0.1, 0.15) is 22.4 Å². The van der Waals surface area contributed by atoms with Crippen LogP contribution in [0.2, 0.25) is 0 Å². The molecule has 0 bridgehead atoms. The minimum Gasteiger partial charge on any atom is -0.441 e. The smallest absolute Gasteiger partial charge is 0.197 e. The highest BCUT2D eigenvalue weighted by Crippen LogP contribution is 2.30. The summed E-state index contributed by atoms with van der Waals surface area (Å²) >= 11 is 10.0. The van der Waals surface area contributed by atoms with Gasteiger partial charge in [-0.1, -0.05) is 34.1 Å². The van der Waals surface area contributed by atoms with Crippen molar-refractivity contribution in [1.82, 2.24) is 4.98 Å². The fourth-order valence-corrected chi connectivity index (χ4v) is 2.97. The lowest BCUT2D eigenvalue weighted by Gasteiger charge is -2.11. The van der Waals surface area contributed by atoms with Crippen molar-refractivity contribution in [3.8, 4) is 0 Å². The Morgan fingerprint density at radius 2 is 2.05 bits per heavy atom. The van der Waals surface area contributed by atoms with Crippen LogP contribution in [0.25, 0.3) is 11.1 Å². The van der Waals surface area contributed by atoms with Crippen LogP contribution < -0.4 is 0 Å². The fraction of sp³-hybridized carbons (Fsp3) is 0.188. The summed E-state index contributed by atoms with van der Waals surface area (Å²) in [6, 6.07) is 13.9. The molecule has 2 nitrogen and oxygen atoms in total. The van der Waals surface area contributed by atoms with E-state index in [9.17, 15) is 0 Å². The molecule has 0 N–H and O–H groups in total. The SMILES string of the molecule is Cc1ccc(Br)cc1C(Cl)Cc1nc2ccccc2o1. The standard InChI is InChI=1S/C16H13BrClNO/c1-10-6-7-11(17)8-12(10)13(18)9-16-19-14-4-2-3-5-15(14)20-16/h2-8,13H,9H2,1H3. The number of alkyl halides is 1. The molecule has 0 saturated heterocycles. The minimum absolute atomic E-state index is 0.152. The number of oxazole rings is 1. The van der Waals surface area contributed by atoms with E-state index in [0.717, 1.165) is 21.1 Å². The molecule has 0 amide bonds. The molecule has 0 aliphatic carbocycles. The molecule has 0 aliphatic rings. The van der Waals surface area contributed by atoms with Gasteiger partial charge in [-0.25, -0.2) is 4.98 Å². The predicted molar refractivity (Wildman–Crippen MR) is 85.2 cm³/mol. The van der Waals surface area contributed by atoms with Crippen LogP contribution in [0, 0.1) is 6.92 Å². The van der Waals surface area contributed by atoms with Gasteiger partial charge in [-0.3, -0.25) is 0 Å². The summed E-state index contributed by atoms with van der Waals surface area (Å²) in [6.45, 7) is 2.06. The average molecular weight is 351 g/mol. The lowest BCUT2D eigenvalue weighted by molar-refractivity contribution is 0.525. The number of aromatic nitrogens is 1. The Kier molecular flexibility index (Phi) is 3.81. The summed E-state index contributed by atoms with van der Waals surface area (Å²) in [5.74, 6) is 0.672. The Bertz CT molecular complexity index is 720. The molecule has 0 radical (unpaired) electrons. The third-order valence-corrected chi connectivity index (χ3v) is 4.15. The number of nitrogens with zero attached hydrogens (tertiary/aromatic N) is 1. The van der Waals surface area contributed by atoms with E-state index >= 15 is 0 Å². The molecule has 0 fully saturated rings. The second-order valence-electron chi connectivity index (χ2n) is 4.75. The van der Waals surface area contributed by atoms with Crippen molar-refractivity contribution in [2.24, 2.45) is 0 Å². The Labute approximate surface area is 130 Å². The molecule has 20 heavy (non-hydrogen) atoms. The van der Waals surface area contributed by atoms with Crippen molar-refractivity contribution in [1.29, 1.82) is 0 Å². The van der Waals surface area contributed by atoms with Gasteiger partial charge in [0.2, 0.25) is 0 Å². The average Bonchev–Trinajstić information content (AvgIpc) is 2.83. The molecule has 2 aromatic carbocycles. The van der Waals surface area contributed by atoms with E-state index in [-0.39, 0.29) is 5.38 Å². The number of aryl methyl sites for hydroxylation is 1. The molecule has 3 aromatic rings. The van der Waals surface area contributed by atoms with Crippen LogP contribution in [0.15, 0.2) is 51.4 Å². The summed E-state index contributed by atoms with van der Waals surface area (Å²) in [5, 5.41) is -0.152. The van der Waals surface area contributed by atoms with Gasteiger partial charge in [-0.2, -0.15) is 0 Å². The second-order valence-corrected chi connectivity index (χ2v) is 6.19. The van der Waals surface area contributed by atoms with Gasteiger partial charge in [-0.05, 0) is 42.3 Å². The van der Waals surface area contributed by atoms with Gasteiger partial charge in [0.15, 0.2) is 11.5 Å². The van der Waals surface area contributed by atoms with E-state index in [1.807, 2.05) is 30.3 Å². The van der Waals surface area contributed by atoms with Crippen molar-refractivity contribution in [3.63, 3.8) is 0 Å². The molecule has 1 heterocycles. The maximum atomic E-state index is 6.52. The number of benzene rings is 2. The lowest BCUT2D eigenvalue weighted by Crippen LogP contribution is -1.98. The van der Waals surface area contributed by atoms with Gasteiger partial charge < -0.3 is 4.42 Å². The lowest BCUT2D eigenvalue weighted by atomic mass is 10.0. The van der Waals surface area contributed by atoms with Crippen LogP contribution in [0.5, 0.6) is 0 Å². The van der Waals surface area contributed by atoms with E-state index in [2.05, 4.69) is 40.0 Å². The Balaban J connectivity index is 1.88. The van der Waals surface area contributed by atoms with Crippen LogP contribution in [-0.4, -0.2) is 4.98 Å². The van der Waals surface area contributed by atoms with E-state index in [4.69, 9.17) is 16.0 Å². The number of hydrogen-bond donors (Lipinski definition) is 0. The summed E-state index contributed by atoms with van der Waals surface area (Å²) in [5.41, 5.74) is 3.95. The maximum Gasteiger partial charge on any atom is 0.197 e. The third-order valence-electron chi connectivity index (χ3n) is 3.27. The number of para-hydroxylation sites is 2. The number of halogens is 2. The van der Waals surface area contributed by atoms with Crippen LogP contribution in [-0.2, 0) is 6.42 Å². The Morgan fingerprint density at radius 3 is 2.85 bits per heavy atom. The van der Waals surface area contributed by atoms with Gasteiger partial charge in [0.05, 0.1) is 5.38 Å². The van der Waals surface area contributed by atoms with Crippen LogP contribution in [0.3, 0.4) is 0 Å². The molecule has 0 saturated carbocycles. The highest BCUT2D eigenvalue weighted by atomic mass is 79.9. The van der Waals surface area contributed by atoms with Crippen LogP contribution in [0.4, 0.5) is 0 Å². The monoisotopic (exact) mass is 349 g/mol. The van der Waals surface area contributed by atoms with Crippen molar-refractivity contribution in [2.45, 2.75) is 18.7 Å². The molecule has 4 heteroatoms. The largest absolute Gasteiger partial charge is 0.441 e. The normalized spacial score (nSPS) is 12.8. The summed E-state index contributed by atoms with van der Waals surface area (Å²) < 4.78 is 6.75. The highest BCUT2D eigenvalue weighted by molar-refractivity contribution is 9.10. The number of hydrogen-bond acceptors (Lipinski definition) is 2. The Morgan fingerprint density at radius 1 is 1.25 bits per heavy atom. The van der Waals surface area contributed by atoms with E-state index in [0.29, 0.717) is 12.3 Å². The van der Waals surface area contributed by atoms with Crippen LogP contribution >= 0.6 is 27.5 Å². The van der Waals surface area contributed by atoms with Crippen molar-refractivity contribution >= 4 is 38.6 Å². The minimum atomic E-state index is -0.152. The maximum absolute atomic E-state index is 6.52. The van der Waals surface area contributed by atoms with Gasteiger partial charge in [0.1, 0.15) is 5.52 Å². The first kappa shape index (κ1) is 13.7. The molecule has 1 atom stereocenters. The quantitative estimate of drug-likeness (QED) is 0.589. The molecule has 1 unspecified atom stereocenters. The van der Waals surface area contributed by atoms with E-state index in [1.165, 1.54) is 5.56 Å². The summed E-state index contributed by atoms with van der Waals surface area (Å²) in [4.78, 5) is 4.47.